The summed E-state index contributed by atoms with van der Waals surface area (Å²) in [6.45, 7) is 5.43. The standard InChI is InChI=1S/C13H21N3/c1-10(14)8-12-5-6-13(15-9-12)16-7-3-4-11(16)2/h5-6,9-11H,3-4,7-8,14H2,1-2H3. The van der Waals surface area contributed by atoms with Crippen molar-refractivity contribution in [3.63, 3.8) is 0 Å². The second kappa shape index (κ2) is 4.83. The van der Waals surface area contributed by atoms with Crippen molar-refractivity contribution in [1.29, 1.82) is 0 Å². The minimum atomic E-state index is 0.207. The van der Waals surface area contributed by atoms with E-state index in [1.165, 1.54) is 18.4 Å². The van der Waals surface area contributed by atoms with Gasteiger partial charge < -0.3 is 10.6 Å². The van der Waals surface area contributed by atoms with Crippen molar-refractivity contribution in [3.8, 4) is 0 Å². The molecule has 3 heteroatoms. The molecule has 1 aliphatic heterocycles. The maximum Gasteiger partial charge on any atom is 0.128 e. The third-order valence-corrected chi connectivity index (χ3v) is 3.21. The van der Waals surface area contributed by atoms with E-state index in [2.05, 4.69) is 28.9 Å². The lowest BCUT2D eigenvalue weighted by molar-refractivity contribution is 0.720. The summed E-state index contributed by atoms with van der Waals surface area (Å²) in [6.07, 6.45) is 5.43. The van der Waals surface area contributed by atoms with Gasteiger partial charge in [-0.2, -0.15) is 0 Å². The van der Waals surface area contributed by atoms with Gasteiger partial charge in [0.1, 0.15) is 5.82 Å². The highest BCUT2D eigenvalue weighted by Gasteiger charge is 2.21. The van der Waals surface area contributed by atoms with E-state index in [0.29, 0.717) is 6.04 Å². The molecule has 1 aromatic heterocycles. The van der Waals surface area contributed by atoms with Gasteiger partial charge in [0.05, 0.1) is 0 Å². The Labute approximate surface area is 97.7 Å². The molecule has 0 amide bonds. The molecular formula is C13H21N3. The molecule has 2 unspecified atom stereocenters. The molecule has 0 saturated carbocycles. The highest BCUT2D eigenvalue weighted by Crippen LogP contribution is 2.23. The van der Waals surface area contributed by atoms with Crippen LogP contribution in [0.15, 0.2) is 18.3 Å². The number of nitrogens with zero attached hydrogens (tertiary/aromatic N) is 2. The van der Waals surface area contributed by atoms with Gasteiger partial charge in [0, 0.05) is 24.8 Å². The van der Waals surface area contributed by atoms with Crippen molar-refractivity contribution in [2.45, 2.75) is 45.2 Å². The van der Waals surface area contributed by atoms with Crippen molar-refractivity contribution in [2.24, 2.45) is 5.73 Å². The molecule has 0 spiro atoms. The van der Waals surface area contributed by atoms with E-state index in [1.807, 2.05) is 13.1 Å². The predicted molar refractivity (Wildman–Crippen MR) is 67.6 cm³/mol. The number of hydrogen-bond acceptors (Lipinski definition) is 3. The van der Waals surface area contributed by atoms with Crippen LogP contribution >= 0.6 is 0 Å². The topological polar surface area (TPSA) is 42.1 Å². The highest BCUT2D eigenvalue weighted by molar-refractivity contribution is 5.41. The first kappa shape index (κ1) is 11.4. The monoisotopic (exact) mass is 219 g/mol. The smallest absolute Gasteiger partial charge is 0.128 e. The van der Waals surface area contributed by atoms with E-state index in [4.69, 9.17) is 5.73 Å². The summed E-state index contributed by atoms with van der Waals surface area (Å²) >= 11 is 0. The number of aromatic nitrogens is 1. The molecule has 2 N–H and O–H groups in total. The molecule has 1 aliphatic rings. The van der Waals surface area contributed by atoms with Gasteiger partial charge in [0.15, 0.2) is 0 Å². The molecule has 88 valence electrons. The zero-order valence-electron chi connectivity index (χ0n) is 10.2. The van der Waals surface area contributed by atoms with Crippen LogP contribution in [0.5, 0.6) is 0 Å². The van der Waals surface area contributed by atoms with Crippen LogP contribution < -0.4 is 10.6 Å². The molecular weight excluding hydrogens is 198 g/mol. The summed E-state index contributed by atoms with van der Waals surface area (Å²) < 4.78 is 0. The van der Waals surface area contributed by atoms with E-state index in [-0.39, 0.29) is 6.04 Å². The number of hydrogen-bond donors (Lipinski definition) is 1. The first-order valence-electron chi connectivity index (χ1n) is 6.14. The van der Waals surface area contributed by atoms with Crippen LogP contribution in [0, 0.1) is 0 Å². The summed E-state index contributed by atoms with van der Waals surface area (Å²) in [5, 5.41) is 0. The third-order valence-electron chi connectivity index (χ3n) is 3.21. The lowest BCUT2D eigenvalue weighted by atomic mass is 10.1. The number of nitrogens with two attached hydrogens (primary N) is 1. The van der Waals surface area contributed by atoms with Gasteiger partial charge in [0.2, 0.25) is 0 Å². The summed E-state index contributed by atoms with van der Waals surface area (Å²) in [7, 11) is 0. The molecule has 2 atom stereocenters. The molecule has 16 heavy (non-hydrogen) atoms. The van der Waals surface area contributed by atoms with E-state index in [1.54, 1.807) is 0 Å². The van der Waals surface area contributed by atoms with E-state index < -0.39 is 0 Å². The summed E-state index contributed by atoms with van der Waals surface area (Å²) in [6, 6.07) is 5.11. The van der Waals surface area contributed by atoms with Crippen molar-refractivity contribution < 1.29 is 0 Å². The van der Waals surface area contributed by atoms with Crippen molar-refractivity contribution in [1.82, 2.24) is 4.98 Å². The fraction of sp³-hybridized carbons (Fsp3) is 0.615. The Balaban J connectivity index is 2.07. The van der Waals surface area contributed by atoms with Gasteiger partial charge in [-0.25, -0.2) is 4.98 Å². The maximum atomic E-state index is 5.77. The molecule has 2 rings (SSSR count). The summed E-state index contributed by atoms with van der Waals surface area (Å²) in [4.78, 5) is 6.92. The fourth-order valence-electron chi connectivity index (χ4n) is 2.35. The van der Waals surface area contributed by atoms with Gasteiger partial charge in [-0.05, 0) is 44.7 Å². The number of anilines is 1. The Hall–Kier alpha value is -1.09. The molecule has 0 aromatic carbocycles. The molecule has 1 saturated heterocycles. The molecule has 2 heterocycles. The number of rotatable bonds is 3. The van der Waals surface area contributed by atoms with Crippen LogP contribution in [0.1, 0.15) is 32.3 Å². The lowest BCUT2D eigenvalue weighted by Gasteiger charge is -2.22. The Kier molecular flexibility index (Phi) is 3.44. The minimum absolute atomic E-state index is 0.207. The van der Waals surface area contributed by atoms with Crippen molar-refractivity contribution in [2.75, 3.05) is 11.4 Å². The zero-order valence-corrected chi connectivity index (χ0v) is 10.2. The second-order valence-electron chi connectivity index (χ2n) is 4.89. The van der Waals surface area contributed by atoms with E-state index in [0.717, 1.165) is 18.8 Å². The Morgan fingerprint density at radius 1 is 1.56 bits per heavy atom. The van der Waals surface area contributed by atoms with E-state index >= 15 is 0 Å². The largest absolute Gasteiger partial charge is 0.354 e. The third kappa shape index (κ3) is 2.53. The van der Waals surface area contributed by atoms with Crippen LogP contribution in [0.2, 0.25) is 0 Å². The molecule has 1 fully saturated rings. The number of pyridine rings is 1. The fourth-order valence-corrected chi connectivity index (χ4v) is 2.35. The van der Waals surface area contributed by atoms with Crippen LogP contribution in [-0.4, -0.2) is 23.6 Å². The Morgan fingerprint density at radius 2 is 2.38 bits per heavy atom. The van der Waals surface area contributed by atoms with Gasteiger partial charge >= 0.3 is 0 Å². The SMILES string of the molecule is CC(N)Cc1ccc(N2CCCC2C)nc1. The van der Waals surface area contributed by atoms with Gasteiger partial charge in [-0.1, -0.05) is 6.07 Å². The second-order valence-corrected chi connectivity index (χ2v) is 4.89. The normalized spacial score (nSPS) is 22.4. The quantitative estimate of drug-likeness (QED) is 0.845. The maximum absolute atomic E-state index is 5.77. The van der Waals surface area contributed by atoms with Crippen LogP contribution in [0.3, 0.4) is 0 Å². The molecule has 1 aromatic rings. The van der Waals surface area contributed by atoms with E-state index in [9.17, 15) is 0 Å². The Bertz CT molecular complexity index is 332. The Morgan fingerprint density at radius 3 is 2.88 bits per heavy atom. The van der Waals surface area contributed by atoms with Crippen LogP contribution in [-0.2, 0) is 6.42 Å². The van der Waals surface area contributed by atoms with Gasteiger partial charge in [-0.15, -0.1) is 0 Å². The highest BCUT2D eigenvalue weighted by atomic mass is 15.2. The van der Waals surface area contributed by atoms with Crippen LogP contribution in [0.25, 0.3) is 0 Å². The minimum Gasteiger partial charge on any atom is -0.354 e. The van der Waals surface area contributed by atoms with Crippen molar-refractivity contribution in [3.05, 3.63) is 23.9 Å². The summed E-state index contributed by atoms with van der Waals surface area (Å²) in [5.74, 6) is 1.11. The first-order valence-corrected chi connectivity index (χ1v) is 6.14. The molecule has 0 aliphatic carbocycles. The predicted octanol–water partition coefficient (Wildman–Crippen LogP) is 1.96. The van der Waals surface area contributed by atoms with Gasteiger partial charge in [-0.3, -0.25) is 0 Å². The zero-order chi connectivity index (χ0) is 11.5. The molecule has 3 nitrogen and oxygen atoms in total. The first-order chi connectivity index (χ1) is 7.66. The van der Waals surface area contributed by atoms with Crippen LogP contribution in [0.4, 0.5) is 5.82 Å². The van der Waals surface area contributed by atoms with Crippen molar-refractivity contribution >= 4 is 5.82 Å². The average molecular weight is 219 g/mol. The molecule has 0 radical (unpaired) electrons. The molecule has 0 bridgehead atoms. The lowest BCUT2D eigenvalue weighted by Crippen LogP contribution is -2.27. The van der Waals surface area contributed by atoms with Gasteiger partial charge in [0.25, 0.3) is 0 Å². The average Bonchev–Trinajstić information content (AvgIpc) is 2.65. The summed E-state index contributed by atoms with van der Waals surface area (Å²) in [5.41, 5.74) is 7.00.